The maximum absolute atomic E-state index is 10.9. The molecule has 1 aromatic rings. The monoisotopic (exact) mass is 195 g/mol. The number of hydrogen-bond donors (Lipinski definition) is 2. The number of anilines is 1. The minimum atomic E-state index is -0.393. The molecule has 1 rings (SSSR count). The fourth-order valence-electron chi connectivity index (χ4n) is 1.02. The minimum Gasteiger partial charge on any atom is -0.469 e. The summed E-state index contributed by atoms with van der Waals surface area (Å²) in [4.78, 5) is 14.8. The number of pyridine rings is 1. The molecule has 4 N–H and O–H groups in total. The summed E-state index contributed by atoms with van der Waals surface area (Å²) in [6.45, 7) is 0. The van der Waals surface area contributed by atoms with Gasteiger partial charge in [0.25, 0.3) is 0 Å². The van der Waals surface area contributed by atoms with Crippen molar-refractivity contribution in [2.45, 2.75) is 12.5 Å². The van der Waals surface area contributed by atoms with E-state index in [-0.39, 0.29) is 12.4 Å². The van der Waals surface area contributed by atoms with Gasteiger partial charge in [0.05, 0.1) is 13.5 Å². The number of esters is 1. The summed E-state index contributed by atoms with van der Waals surface area (Å²) >= 11 is 0. The fourth-order valence-corrected chi connectivity index (χ4v) is 1.02. The third-order valence-electron chi connectivity index (χ3n) is 1.85. The van der Waals surface area contributed by atoms with Crippen LogP contribution in [0, 0.1) is 0 Å². The Kier molecular flexibility index (Phi) is 3.41. The van der Waals surface area contributed by atoms with Crippen molar-refractivity contribution in [3.63, 3.8) is 0 Å². The van der Waals surface area contributed by atoms with Crippen LogP contribution in [0.4, 0.5) is 5.82 Å². The van der Waals surface area contributed by atoms with Crippen LogP contribution in [-0.4, -0.2) is 18.1 Å². The molecule has 0 bridgehead atoms. The Morgan fingerprint density at radius 2 is 2.36 bits per heavy atom. The van der Waals surface area contributed by atoms with E-state index >= 15 is 0 Å². The summed E-state index contributed by atoms with van der Waals surface area (Å²) in [6, 6.07) is 3.00. The van der Waals surface area contributed by atoms with Gasteiger partial charge in [0.2, 0.25) is 0 Å². The Morgan fingerprint density at radius 1 is 1.64 bits per heavy atom. The van der Waals surface area contributed by atoms with E-state index in [2.05, 4.69) is 9.72 Å². The normalized spacial score (nSPS) is 12.1. The molecule has 0 aliphatic rings. The van der Waals surface area contributed by atoms with Gasteiger partial charge in [-0.15, -0.1) is 0 Å². The molecule has 0 aliphatic heterocycles. The predicted octanol–water partition coefficient (Wildman–Crippen LogP) is 0.227. The molecule has 5 heteroatoms. The average Bonchev–Trinajstić information content (AvgIpc) is 2.18. The summed E-state index contributed by atoms with van der Waals surface area (Å²) in [5.41, 5.74) is 11.9. The Bertz CT molecular complexity index is 310. The average molecular weight is 195 g/mol. The Labute approximate surface area is 82.1 Å². The molecule has 0 saturated carbocycles. The summed E-state index contributed by atoms with van der Waals surface area (Å²) in [5.74, 6) is 0.0911. The van der Waals surface area contributed by atoms with Gasteiger partial charge in [-0.1, -0.05) is 6.07 Å². The smallest absolute Gasteiger partial charge is 0.307 e. The zero-order valence-electron chi connectivity index (χ0n) is 7.93. The van der Waals surface area contributed by atoms with Crippen LogP contribution in [0.2, 0.25) is 0 Å². The second-order valence-corrected chi connectivity index (χ2v) is 2.90. The van der Waals surface area contributed by atoms with E-state index in [0.717, 1.165) is 5.56 Å². The second-order valence-electron chi connectivity index (χ2n) is 2.90. The molecule has 1 atom stereocenters. The lowest BCUT2D eigenvalue weighted by Crippen LogP contribution is -2.16. The van der Waals surface area contributed by atoms with Crippen molar-refractivity contribution in [3.05, 3.63) is 23.9 Å². The van der Waals surface area contributed by atoms with Crippen LogP contribution >= 0.6 is 0 Å². The maximum Gasteiger partial charge on any atom is 0.307 e. The van der Waals surface area contributed by atoms with Crippen LogP contribution in [0.3, 0.4) is 0 Å². The lowest BCUT2D eigenvalue weighted by atomic mass is 10.1. The first-order chi connectivity index (χ1) is 6.63. The van der Waals surface area contributed by atoms with Gasteiger partial charge < -0.3 is 16.2 Å². The lowest BCUT2D eigenvalue weighted by Gasteiger charge is -2.09. The molecule has 1 heterocycles. The van der Waals surface area contributed by atoms with E-state index in [0.29, 0.717) is 5.82 Å². The van der Waals surface area contributed by atoms with Crippen molar-refractivity contribution >= 4 is 11.8 Å². The molecule has 14 heavy (non-hydrogen) atoms. The number of hydrogen-bond acceptors (Lipinski definition) is 5. The molecule has 0 amide bonds. The van der Waals surface area contributed by atoms with Crippen molar-refractivity contribution in [2.24, 2.45) is 5.73 Å². The van der Waals surface area contributed by atoms with Crippen LogP contribution in [0.5, 0.6) is 0 Å². The van der Waals surface area contributed by atoms with Gasteiger partial charge >= 0.3 is 5.97 Å². The Hall–Kier alpha value is -1.62. The summed E-state index contributed by atoms with van der Waals surface area (Å²) in [6.07, 6.45) is 1.70. The van der Waals surface area contributed by atoms with Gasteiger partial charge in [0.1, 0.15) is 5.82 Å². The standard InChI is InChI=1S/C9H13N3O2/c1-14-9(13)4-7(10)6-2-3-8(11)12-5-6/h2-3,5,7H,4,10H2,1H3,(H2,11,12)/t7-/m1/s1. The number of aromatic nitrogens is 1. The molecule has 0 radical (unpaired) electrons. The minimum absolute atomic E-state index is 0.141. The molecule has 0 spiro atoms. The zero-order chi connectivity index (χ0) is 10.6. The molecule has 76 valence electrons. The number of ether oxygens (including phenoxy) is 1. The van der Waals surface area contributed by atoms with Gasteiger partial charge in [0.15, 0.2) is 0 Å². The summed E-state index contributed by atoms with van der Waals surface area (Å²) < 4.78 is 4.50. The number of rotatable bonds is 3. The molecule has 0 fully saturated rings. The highest BCUT2D eigenvalue weighted by Crippen LogP contribution is 2.13. The number of nitrogen functional groups attached to an aromatic ring is 1. The summed E-state index contributed by atoms with van der Waals surface area (Å²) in [5, 5.41) is 0. The van der Waals surface area contributed by atoms with Gasteiger partial charge in [-0.25, -0.2) is 4.98 Å². The van der Waals surface area contributed by atoms with E-state index in [9.17, 15) is 4.79 Å². The van der Waals surface area contributed by atoms with E-state index in [1.165, 1.54) is 7.11 Å². The summed E-state index contributed by atoms with van der Waals surface area (Å²) in [7, 11) is 1.33. The third-order valence-corrected chi connectivity index (χ3v) is 1.85. The molecule has 1 aromatic heterocycles. The molecule has 5 nitrogen and oxygen atoms in total. The quantitative estimate of drug-likeness (QED) is 0.673. The topological polar surface area (TPSA) is 91.2 Å². The van der Waals surface area contributed by atoms with E-state index in [4.69, 9.17) is 11.5 Å². The number of nitrogens with zero attached hydrogens (tertiary/aromatic N) is 1. The molecule has 0 unspecified atom stereocenters. The van der Waals surface area contributed by atoms with Crippen LogP contribution in [-0.2, 0) is 9.53 Å². The number of carbonyl (C=O) groups excluding carboxylic acids is 1. The Morgan fingerprint density at radius 3 is 2.86 bits per heavy atom. The van der Waals surface area contributed by atoms with Gasteiger partial charge in [-0.3, -0.25) is 4.79 Å². The fraction of sp³-hybridized carbons (Fsp3) is 0.333. The number of nitrogens with two attached hydrogens (primary N) is 2. The van der Waals surface area contributed by atoms with Crippen LogP contribution < -0.4 is 11.5 Å². The van der Waals surface area contributed by atoms with Gasteiger partial charge in [0, 0.05) is 12.2 Å². The van der Waals surface area contributed by atoms with E-state index in [1.54, 1.807) is 18.3 Å². The molecule has 0 saturated heterocycles. The van der Waals surface area contributed by atoms with E-state index < -0.39 is 6.04 Å². The third kappa shape index (κ3) is 2.70. The molecule has 0 aromatic carbocycles. The molecular formula is C9H13N3O2. The number of carbonyl (C=O) groups is 1. The lowest BCUT2D eigenvalue weighted by molar-refractivity contribution is -0.141. The van der Waals surface area contributed by atoms with Crippen molar-refractivity contribution in [1.29, 1.82) is 0 Å². The van der Waals surface area contributed by atoms with Crippen LogP contribution in [0.25, 0.3) is 0 Å². The first-order valence-electron chi connectivity index (χ1n) is 4.17. The molecular weight excluding hydrogens is 182 g/mol. The highest BCUT2D eigenvalue weighted by Gasteiger charge is 2.11. The van der Waals surface area contributed by atoms with Crippen molar-refractivity contribution in [2.75, 3.05) is 12.8 Å². The predicted molar refractivity (Wildman–Crippen MR) is 52.2 cm³/mol. The number of methoxy groups -OCH3 is 1. The highest BCUT2D eigenvalue weighted by molar-refractivity contribution is 5.70. The zero-order valence-corrected chi connectivity index (χ0v) is 7.93. The van der Waals surface area contributed by atoms with Gasteiger partial charge in [-0.05, 0) is 11.6 Å². The maximum atomic E-state index is 10.9. The highest BCUT2D eigenvalue weighted by atomic mass is 16.5. The van der Waals surface area contributed by atoms with Crippen LogP contribution in [0.15, 0.2) is 18.3 Å². The van der Waals surface area contributed by atoms with Crippen molar-refractivity contribution in [1.82, 2.24) is 4.98 Å². The van der Waals surface area contributed by atoms with Crippen LogP contribution in [0.1, 0.15) is 18.0 Å². The van der Waals surface area contributed by atoms with Crippen molar-refractivity contribution < 1.29 is 9.53 Å². The van der Waals surface area contributed by atoms with Gasteiger partial charge in [-0.2, -0.15) is 0 Å². The largest absolute Gasteiger partial charge is 0.469 e. The SMILES string of the molecule is COC(=O)C[C@@H](N)c1ccc(N)nc1. The first-order valence-corrected chi connectivity index (χ1v) is 4.17. The second kappa shape index (κ2) is 4.57. The van der Waals surface area contributed by atoms with Crippen molar-refractivity contribution in [3.8, 4) is 0 Å². The Balaban J connectivity index is 2.65. The first kappa shape index (κ1) is 10.5. The van der Waals surface area contributed by atoms with E-state index in [1.807, 2.05) is 0 Å². The molecule has 0 aliphatic carbocycles.